The third-order valence-corrected chi connectivity index (χ3v) is 5.44. The lowest BCUT2D eigenvalue weighted by Crippen LogP contribution is -2.30. The Labute approximate surface area is 172 Å². The number of aromatic carboxylic acids is 1. The van der Waals surface area contributed by atoms with Crippen LogP contribution in [-0.2, 0) is 4.74 Å². The van der Waals surface area contributed by atoms with Crippen LogP contribution in [0.4, 0.5) is 4.39 Å². The number of aliphatic hydroxyl groups excluding tert-OH is 1. The van der Waals surface area contributed by atoms with Crippen molar-refractivity contribution in [2.45, 2.75) is 12.2 Å². The molecule has 154 valence electrons. The third-order valence-electron chi connectivity index (χ3n) is 5.44. The van der Waals surface area contributed by atoms with E-state index in [-0.39, 0.29) is 18.0 Å². The van der Waals surface area contributed by atoms with Gasteiger partial charge in [-0.05, 0) is 46.2 Å². The maximum Gasteiger partial charge on any atom is 0.335 e. The van der Waals surface area contributed by atoms with Crippen molar-refractivity contribution in [3.8, 4) is 11.1 Å². The normalized spacial score (nSPS) is 18.7. The lowest BCUT2D eigenvalue weighted by Gasteiger charge is -2.18. The van der Waals surface area contributed by atoms with Crippen molar-refractivity contribution in [3.05, 3.63) is 71.5 Å². The Kier molecular flexibility index (Phi) is 5.24. The smallest absolute Gasteiger partial charge is 0.335 e. The van der Waals surface area contributed by atoms with Crippen LogP contribution in [0.15, 0.2) is 54.6 Å². The first-order valence-corrected chi connectivity index (χ1v) is 9.45. The van der Waals surface area contributed by atoms with Crippen molar-refractivity contribution in [1.29, 1.82) is 0 Å². The number of fused-ring (bicyclic) bond motifs is 1. The Hall–Kier alpha value is -3.29. The van der Waals surface area contributed by atoms with Crippen molar-refractivity contribution in [2.75, 3.05) is 20.2 Å². The van der Waals surface area contributed by atoms with Crippen LogP contribution >= 0.6 is 0 Å². The molecule has 1 fully saturated rings. The molecule has 3 aromatic rings. The van der Waals surface area contributed by atoms with Gasteiger partial charge in [-0.2, -0.15) is 0 Å². The molecular weight excluding hydrogens is 389 g/mol. The standard InChI is InChI=1S/C23H20FNO5/c1-30-21-12-25(11-20(21)26)22(27)19-7-3-5-17-16(4-2-6-18(17)19)13-8-14(23(28)29)10-15(24)9-13/h2-10,20-21,26H,11-12H2,1H3,(H,28,29)/t20-,21-/m0/s1. The Bertz CT molecular complexity index is 1150. The molecule has 1 aliphatic rings. The molecule has 0 saturated carbocycles. The second-order valence-corrected chi connectivity index (χ2v) is 7.29. The number of carboxylic acids is 1. The average Bonchev–Trinajstić information content (AvgIpc) is 3.12. The minimum absolute atomic E-state index is 0.147. The summed E-state index contributed by atoms with van der Waals surface area (Å²) in [5.41, 5.74) is 1.35. The lowest BCUT2D eigenvalue weighted by molar-refractivity contribution is 0.0215. The monoisotopic (exact) mass is 409 g/mol. The summed E-state index contributed by atoms with van der Waals surface area (Å²) >= 11 is 0. The fourth-order valence-corrected chi connectivity index (χ4v) is 3.94. The predicted octanol–water partition coefficient (Wildman–Crippen LogP) is 3.18. The minimum Gasteiger partial charge on any atom is -0.478 e. The molecule has 6 nitrogen and oxygen atoms in total. The van der Waals surface area contributed by atoms with Crippen LogP contribution < -0.4 is 0 Å². The van der Waals surface area contributed by atoms with E-state index in [0.717, 1.165) is 6.07 Å². The molecule has 2 atom stereocenters. The maximum absolute atomic E-state index is 14.0. The number of methoxy groups -OCH3 is 1. The summed E-state index contributed by atoms with van der Waals surface area (Å²) in [5.74, 6) is -2.10. The number of halogens is 1. The highest BCUT2D eigenvalue weighted by Crippen LogP contribution is 2.32. The molecular formula is C23H20FNO5. The SMILES string of the molecule is CO[C@H]1CN(C(=O)c2cccc3c(-c4cc(F)cc(C(=O)O)c4)cccc23)C[C@@H]1O. The van der Waals surface area contributed by atoms with Crippen molar-refractivity contribution < 1.29 is 28.9 Å². The molecule has 0 unspecified atom stereocenters. The van der Waals surface area contributed by atoms with Crippen LogP contribution in [0.2, 0.25) is 0 Å². The van der Waals surface area contributed by atoms with Gasteiger partial charge in [0.15, 0.2) is 0 Å². The molecule has 30 heavy (non-hydrogen) atoms. The van der Waals surface area contributed by atoms with Crippen LogP contribution in [-0.4, -0.2) is 59.4 Å². The molecule has 1 amide bonds. The van der Waals surface area contributed by atoms with Gasteiger partial charge in [-0.25, -0.2) is 9.18 Å². The Morgan fingerprint density at radius 2 is 1.80 bits per heavy atom. The molecule has 1 heterocycles. The molecule has 0 bridgehead atoms. The van der Waals surface area contributed by atoms with Gasteiger partial charge in [-0.3, -0.25) is 4.79 Å². The predicted molar refractivity (Wildman–Crippen MR) is 109 cm³/mol. The summed E-state index contributed by atoms with van der Waals surface area (Å²) in [6.07, 6.45) is -1.17. The van der Waals surface area contributed by atoms with E-state index in [0.29, 0.717) is 34.0 Å². The summed E-state index contributed by atoms with van der Waals surface area (Å²) in [6, 6.07) is 14.2. The largest absolute Gasteiger partial charge is 0.478 e. The number of rotatable bonds is 4. The Morgan fingerprint density at radius 3 is 2.50 bits per heavy atom. The third kappa shape index (κ3) is 3.53. The van der Waals surface area contributed by atoms with Gasteiger partial charge in [0.05, 0.1) is 11.7 Å². The quantitative estimate of drug-likeness (QED) is 0.691. The lowest BCUT2D eigenvalue weighted by atomic mass is 9.94. The summed E-state index contributed by atoms with van der Waals surface area (Å²) in [4.78, 5) is 26.0. The van der Waals surface area contributed by atoms with Gasteiger partial charge >= 0.3 is 5.97 Å². The summed E-state index contributed by atoms with van der Waals surface area (Å²) in [7, 11) is 1.50. The Morgan fingerprint density at radius 1 is 1.07 bits per heavy atom. The fraction of sp³-hybridized carbons (Fsp3) is 0.217. The molecule has 1 saturated heterocycles. The van der Waals surface area contributed by atoms with Crippen molar-refractivity contribution in [2.24, 2.45) is 0 Å². The van der Waals surface area contributed by atoms with Crippen LogP contribution in [0.3, 0.4) is 0 Å². The van der Waals surface area contributed by atoms with E-state index in [1.54, 1.807) is 35.2 Å². The van der Waals surface area contributed by atoms with Crippen LogP contribution in [0.25, 0.3) is 21.9 Å². The zero-order valence-electron chi connectivity index (χ0n) is 16.2. The average molecular weight is 409 g/mol. The zero-order valence-corrected chi connectivity index (χ0v) is 16.2. The molecule has 0 aromatic heterocycles. The van der Waals surface area contributed by atoms with E-state index >= 15 is 0 Å². The summed E-state index contributed by atoms with van der Waals surface area (Å²) in [6.45, 7) is 0.470. The first-order valence-electron chi connectivity index (χ1n) is 9.45. The van der Waals surface area contributed by atoms with Crippen LogP contribution in [0.1, 0.15) is 20.7 Å². The number of carbonyl (C=O) groups is 2. The number of carboxylic acid groups (broad SMARTS) is 1. The molecule has 0 radical (unpaired) electrons. The topological polar surface area (TPSA) is 87.1 Å². The van der Waals surface area contributed by atoms with Gasteiger partial charge in [0.25, 0.3) is 5.91 Å². The van der Waals surface area contributed by atoms with Gasteiger partial charge in [-0.15, -0.1) is 0 Å². The van der Waals surface area contributed by atoms with E-state index < -0.39 is 24.0 Å². The van der Waals surface area contributed by atoms with Gasteiger partial charge in [-0.1, -0.05) is 30.3 Å². The number of ether oxygens (including phenoxy) is 1. The summed E-state index contributed by atoms with van der Waals surface area (Å²) in [5, 5.41) is 20.7. The number of carbonyl (C=O) groups excluding carboxylic acids is 1. The number of hydrogen-bond acceptors (Lipinski definition) is 4. The second-order valence-electron chi connectivity index (χ2n) is 7.29. The highest BCUT2D eigenvalue weighted by molar-refractivity contribution is 6.10. The minimum atomic E-state index is -1.22. The van der Waals surface area contributed by atoms with E-state index in [2.05, 4.69) is 0 Å². The molecule has 4 rings (SSSR count). The van der Waals surface area contributed by atoms with Crippen molar-refractivity contribution >= 4 is 22.6 Å². The number of aliphatic hydroxyl groups is 1. The van der Waals surface area contributed by atoms with Gasteiger partial charge in [0.2, 0.25) is 0 Å². The molecule has 0 aliphatic carbocycles. The van der Waals surface area contributed by atoms with E-state index in [9.17, 15) is 24.2 Å². The zero-order chi connectivity index (χ0) is 21.4. The number of hydrogen-bond donors (Lipinski definition) is 2. The number of benzene rings is 3. The molecule has 3 aromatic carbocycles. The van der Waals surface area contributed by atoms with Crippen LogP contribution in [0, 0.1) is 5.82 Å². The van der Waals surface area contributed by atoms with Gasteiger partial charge in [0.1, 0.15) is 11.9 Å². The highest BCUT2D eigenvalue weighted by Gasteiger charge is 2.34. The first kappa shape index (κ1) is 20.0. The van der Waals surface area contributed by atoms with Gasteiger partial charge in [0, 0.05) is 25.8 Å². The fourth-order valence-electron chi connectivity index (χ4n) is 3.94. The van der Waals surface area contributed by atoms with E-state index in [1.807, 2.05) is 6.07 Å². The molecule has 0 spiro atoms. The van der Waals surface area contributed by atoms with E-state index in [1.165, 1.54) is 19.2 Å². The molecule has 2 N–H and O–H groups in total. The number of β-amino-alcohol motifs (C(OH)–C–C–N with tert-alkyl or cyclic N) is 1. The first-order chi connectivity index (χ1) is 14.4. The highest BCUT2D eigenvalue weighted by atomic mass is 19.1. The summed E-state index contributed by atoms with van der Waals surface area (Å²) < 4.78 is 19.3. The number of amides is 1. The maximum atomic E-state index is 14.0. The van der Waals surface area contributed by atoms with Crippen LogP contribution in [0.5, 0.6) is 0 Å². The Balaban J connectivity index is 1.80. The van der Waals surface area contributed by atoms with Crippen molar-refractivity contribution in [3.63, 3.8) is 0 Å². The number of likely N-dealkylation sites (tertiary alicyclic amines) is 1. The molecule has 1 aliphatic heterocycles. The van der Waals surface area contributed by atoms with Gasteiger partial charge < -0.3 is 19.8 Å². The van der Waals surface area contributed by atoms with E-state index in [4.69, 9.17) is 4.74 Å². The number of nitrogens with zero attached hydrogens (tertiary/aromatic N) is 1. The van der Waals surface area contributed by atoms with Crippen molar-refractivity contribution in [1.82, 2.24) is 4.90 Å². The second kappa shape index (κ2) is 7.85. The molecule has 7 heteroatoms.